The monoisotopic (exact) mass is 338 g/mol. The Morgan fingerprint density at radius 2 is 1.90 bits per heavy atom. The number of sulfonamides is 1. The van der Waals surface area contributed by atoms with E-state index in [0.29, 0.717) is 25.9 Å². The van der Waals surface area contributed by atoms with Gasteiger partial charge in [0.15, 0.2) is 0 Å². The standard InChI is InChI=1S/C12H16Cl2N2O3S/c13-9-1-2-10(11(14)12(9)15)20(18,19)16-5-3-8(7-17)4-6-16/h1-2,8,17H,3-7,15H2. The minimum Gasteiger partial charge on any atom is -0.396 e. The Morgan fingerprint density at radius 3 is 2.45 bits per heavy atom. The molecule has 2 rings (SSSR count). The van der Waals surface area contributed by atoms with Crippen LogP contribution in [0.3, 0.4) is 0 Å². The number of nitrogens with zero attached hydrogens (tertiary/aromatic N) is 1. The molecule has 1 aromatic carbocycles. The molecular formula is C12H16Cl2N2O3S. The molecule has 1 aliphatic rings. The molecule has 0 aliphatic carbocycles. The fourth-order valence-electron chi connectivity index (χ4n) is 2.22. The van der Waals surface area contributed by atoms with E-state index in [2.05, 4.69) is 0 Å². The fraction of sp³-hybridized carbons (Fsp3) is 0.500. The van der Waals surface area contributed by atoms with Crippen LogP contribution < -0.4 is 5.73 Å². The van der Waals surface area contributed by atoms with Gasteiger partial charge in [0.2, 0.25) is 10.0 Å². The van der Waals surface area contributed by atoms with Crippen molar-refractivity contribution in [2.75, 3.05) is 25.4 Å². The second kappa shape index (κ2) is 6.07. The quantitative estimate of drug-likeness (QED) is 0.825. The van der Waals surface area contributed by atoms with E-state index in [1.54, 1.807) is 0 Å². The molecule has 8 heteroatoms. The number of rotatable bonds is 3. The van der Waals surface area contributed by atoms with E-state index in [-0.39, 0.29) is 33.2 Å². The summed E-state index contributed by atoms with van der Waals surface area (Å²) in [5, 5.41) is 9.28. The number of piperidine rings is 1. The van der Waals surface area contributed by atoms with Crippen LogP contribution in [0.15, 0.2) is 17.0 Å². The van der Waals surface area contributed by atoms with Crippen molar-refractivity contribution in [3.05, 3.63) is 22.2 Å². The molecule has 5 nitrogen and oxygen atoms in total. The zero-order valence-corrected chi connectivity index (χ0v) is 13.0. The molecule has 20 heavy (non-hydrogen) atoms. The zero-order chi connectivity index (χ0) is 14.9. The van der Waals surface area contributed by atoms with E-state index >= 15 is 0 Å². The third kappa shape index (κ3) is 2.89. The number of aliphatic hydroxyl groups is 1. The van der Waals surface area contributed by atoms with E-state index in [0.717, 1.165) is 0 Å². The topological polar surface area (TPSA) is 83.6 Å². The number of anilines is 1. The second-order valence-corrected chi connectivity index (χ2v) is 7.49. The summed E-state index contributed by atoms with van der Waals surface area (Å²) in [4.78, 5) is -0.0245. The van der Waals surface area contributed by atoms with Gasteiger partial charge < -0.3 is 10.8 Å². The number of nitrogen functional groups attached to an aromatic ring is 1. The minimum atomic E-state index is -3.68. The molecule has 0 saturated carbocycles. The zero-order valence-electron chi connectivity index (χ0n) is 10.7. The largest absolute Gasteiger partial charge is 0.396 e. The maximum Gasteiger partial charge on any atom is 0.244 e. The Hall–Kier alpha value is -0.530. The highest BCUT2D eigenvalue weighted by Gasteiger charge is 2.31. The highest BCUT2D eigenvalue weighted by atomic mass is 35.5. The van der Waals surface area contributed by atoms with Crippen LogP contribution in [0.25, 0.3) is 0 Å². The van der Waals surface area contributed by atoms with Crippen LogP contribution in [-0.4, -0.2) is 37.5 Å². The number of aliphatic hydroxyl groups excluding tert-OH is 1. The normalized spacial score (nSPS) is 18.4. The maximum absolute atomic E-state index is 12.5. The summed E-state index contributed by atoms with van der Waals surface area (Å²) in [6.45, 7) is 0.821. The lowest BCUT2D eigenvalue weighted by molar-refractivity contribution is 0.170. The molecule has 0 unspecified atom stereocenters. The maximum atomic E-state index is 12.5. The van der Waals surface area contributed by atoms with Gasteiger partial charge >= 0.3 is 0 Å². The lowest BCUT2D eigenvalue weighted by Gasteiger charge is -2.30. The van der Waals surface area contributed by atoms with Crippen molar-refractivity contribution in [3.8, 4) is 0 Å². The molecule has 0 spiro atoms. The van der Waals surface area contributed by atoms with Crippen molar-refractivity contribution in [1.29, 1.82) is 0 Å². The number of hydrogen-bond donors (Lipinski definition) is 2. The van der Waals surface area contributed by atoms with Gasteiger partial charge in [-0.3, -0.25) is 0 Å². The number of halogens is 2. The van der Waals surface area contributed by atoms with Gasteiger partial charge in [-0.25, -0.2) is 8.42 Å². The minimum absolute atomic E-state index is 0.0245. The summed E-state index contributed by atoms with van der Waals surface area (Å²) < 4.78 is 26.5. The van der Waals surface area contributed by atoms with Crippen LogP contribution in [0.1, 0.15) is 12.8 Å². The van der Waals surface area contributed by atoms with E-state index in [4.69, 9.17) is 34.0 Å². The van der Waals surface area contributed by atoms with Crippen LogP contribution in [0.5, 0.6) is 0 Å². The second-order valence-electron chi connectivity index (χ2n) is 4.80. The van der Waals surface area contributed by atoms with Gasteiger partial charge in [-0.05, 0) is 30.9 Å². The molecule has 0 atom stereocenters. The smallest absolute Gasteiger partial charge is 0.244 e. The van der Waals surface area contributed by atoms with Gasteiger partial charge in [0.05, 0.1) is 15.7 Å². The molecule has 0 amide bonds. The summed E-state index contributed by atoms with van der Waals surface area (Å²) >= 11 is 11.8. The Kier molecular flexibility index (Phi) is 4.81. The van der Waals surface area contributed by atoms with E-state index in [1.165, 1.54) is 16.4 Å². The van der Waals surface area contributed by atoms with Gasteiger partial charge in [-0.2, -0.15) is 4.31 Å². The average Bonchev–Trinajstić information content (AvgIpc) is 2.44. The summed E-state index contributed by atoms with van der Waals surface area (Å²) in [5.74, 6) is 0.159. The van der Waals surface area contributed by atoms with E-state index in [9.17, 15) is 8.42 Å². The predicted molar refractivity (Wildman–Crippen MR) is 79.4 cm³/mol. The predicted octanol–water partition coefficient (Wildman–Crippen LogP) is 1.97. The third-order valence-corrected chi connectivity index (χ3v) is 6.33. The number of benzene rings is 1. The molecule has 1 fully saturated rings. The Morgan fingerprint density at radius 1 is 1.30 bits per heavy atom. The molecule has 3 N–H and O–H groups in total. The Balaban J connectivity index is 2.30. The van der Waals surface area contributed by atoms with Gasteiger partial charge in [0.1, 0.15) is 4.90 Å². The van der Waals surface area contributed by atoms with Crippen molar-refractivity contribution in [3.63, 3.8) is 0 Å². The van der Waals surface area contributed by atoms with Gasteiger partial charge in [-0.15, -0.1) is 0 Å². The van der Waals surface area contributed by atoms with Crippen molar-refractivity contribution in [2.24, 2.45) is 5.92 Å². The first-order valence-corrected chi connectivity index (χ1v) is 8.42. The third-order valence-electron chi connectivity index (χ3n) is 3.54. The first-order chi connectivity index (χ1) is 9.37. The molecule has 1 saturated heterocycles. The SMILES string of the molecule is Nc1c(Cl)ccc(S(=O)(=O)N2CCC(CO)CC2)c1Cl. The summed E-state index contributed by atoms with van der Waals surface area (Å²) in [6, 6.07) is 2.80. The van der Waals surface area contributed by atoms with Crippen LogP contribution in [0, 0.1) is 5.92 Å². The highest BCUT2D eigenvalue weighted by molar-refractivity contribution is 7.89. The van der Waals surface area contributed by atoms with Crippen LogP contribution >= 0.6 is 23.2 Å². The Bertz CT molecular complexity index is 599. The molecule has 0 aromatic heterocycles. The van der Waals surface area contributed by atoms with Gasteiger partial charge in [-0.1, -0.05) is 23.2 Å². The molecule has 0 radical (unpaired) electrons. The van der Waals surface area contributed by atoms with Crippen molar-refractivity contribution in [2.45, 2.75) is 17.7 Å². The molecule has 0 bridgehead atoms. The highest BCUT2D eigenvalue weighted by Crippen LogP contribution is 2.35. The molecule has 112 valence electrons. The van der Waals surface area contributed by atoms with Gasteiger partial charge in [0.25, 0.3) is 0 Å². The van der Waals surface area contributed by atoms with Crippen LogP contribution in [-0.2, 0) is 10.0 Å². The number of hydrogen-bond acceptors (Lipinski definition) is 4. The van der Waals surface area contributed by atoms with E-state index < -0.39 is 10.0 Å². The number of nitrogens with two attached hydrogens (primary N) is 1. The molecular weight excluding hydrogens is 323 g/mol. The van der Waals surface area contributed by atoms with Crippen molar-refractivity contribution < 1.29 is 13.5 Å². The molecule has 1 aromatic rings. The summed E-state index contributed by atoms with van der Waals surface area (Å²) in [5.41, 5.74) is 5.74. The first kappa shape index (κ1) is 15.9. The van der Waals surface area contributed by atoms with Crippen LogP contribution in [0.4, 0.5) is 5.69 Å². The van der Waals surface area contributed by atoms with Crippen LogP contribution in [0.2, 0.25) is 10.0 Å². The average molecular weight is 339 g/mol. The first-order valence-electron chi connectivity index (χ1n) is 6.22. The van der Waals surface area contributed by atoms with Crippen molar-refractivity contribution >= 4 is 38.9 Å². The van der Waals surface area contributed by atoms with Crippen molar-refractivity contribution in [1.82, 2.24) is 4.31 Å². The lowest BCUT2D eigenvalue weighted by atomic mass is 10.00. The molecule has 1 aliphatic heterocycles. The molecule has 1 heterocycles. The Labute approximate surface area is 128 Å². The summed E-state index contributed by atoms with van der Waals surface area (Å²) in [7, 11) is -3.68. The van der Waals surface area contributed by atoms with Gasteiger partial charge in [0, 0.05) is 19.7 Å². The van der Waals surface area contributed by atoms with E-state index in [1.807, 2.05) is 0 Å². The fourth-order valence-corrected chi connectivity index (χ4v) is 4.43. The lowest BCUT2D eigenvalue weighted by Crippen LogP contribution is -2.39. The summed E-state index contributed by atoms with van der Waals surface area (Å²) in [6.07, 6.45) is 1.27.